The second-order valence-electron chi connectivity index (χ2n) is 7.86. The standard InChI is InChI=1S/C17H30N2O2/c1-16(2)13-7-8-17(3,21-16)14(11-13)18-12-15(20)19-9-5-4-6-10-19/h13-14,18H,4-12H2,1-3H3. The Morgan fingerprint density at radius 2 is 1.95 bits per heavy atom. The highest BCUT2D eigenvalue weighted by Crippen LogP contribution is 2.49. The van der Waals surface area contributed by atoms with E-state index in [2.05, 4.69) is 26.1 Å². The first-order chi connectivity index (χ1) is 9.91. The van der Waals surface area contributed by atoms with E-state index in [4.69, 9.17) is 4.74 Å². The van der Waals surface area contributed by atoms with Crippen LogP contribution in [0.2, 0.25) is 0 Å². The van der Waals surface area contributed by atoms with Gasteiger partial charge in [0.15, 0.2) is 0 Å². The average Bonchev–Trinajstić information content (AvgIpc) is 2.45. The molecule has 0 spiro atoms. The summed E-state index contributed by atoms with van der Waals surface area (Å²) in [4.78, 5) is 14.3. The zero-order chi connectivity index (χ0) is 15.1. The van der Waals surface area contributed by atoms with E-state index in [0.29, 0.717) is 18.5 Å². The van der Waals surface area contributed by atoms with E-state index in [1.54, 1.807) is 0 Å². The molecule has 1 amide bonds. The fourth-order valence-corrected chi connectivity index (χ4v) is 4.49. The number of ether oxygens (including phenoxy) is 1. The van der Waals surface area contributed by atoms with Crippen LogP contribution in [0, 0.1) is 5.92 Å². The molecule has 1 saturated carbocycles. The summed E-state index contributed by atoms with van der Waals surface area (Å²) in [7, 11) is 0. The molecule has 4 nitrogen and oxygen atoms in total. The third kappa shape index (κ3) is 2.98. The summed E-state index contributed by atoms with van der Waals surface area (Å²) in [5, 5.41) is 3.51. The predicted molar refractivity (Wildman–Crippen MR) is 83.1 cm³/mol. The molecule has 0 radical (unpaired) electrons. The topological polar surface area (TPSA) is 41.6 Å². The van der Waals surface area contributed by atoms with E-state index in [1.165, 1.54) is 12.8 Å². The number of likely N-dealkylation sites (tertiary alicyclic amines) is 1. The van der Waals surface area contributed by atoms with Gasteiger partial charge in [0, 0.05) is 19.1 Å². The lowest BCUT2D eigenvalue weighted by Crippen LogP contribution is -2.65. The molecule has 3 aliphatic heterocycles. The zero-order valence-electron chi connectivity index (χ0n) is 13.8. The van der Waals surface area contributed by atoms with Gasteiger partial charge in [-0.2, -0.15) is 0 Å². The number of fused-ring (bicyclic) bond motifs is 3. The monoisotopic (exact) mass is 294 g/mol. The van der Waals surface area contributed by atoms with Crippen LogP contribution in [0.15, 0.2) is 0 Å². The first kappa shape index (κ1) is 15.3. The second-order valence-corrected chi connectivity index (χ2v) is 7.86. The zero-order valence-corrected chi connectivity index (χ0v) is 13.8. The highest BCUT2D eigenvalue weighted by atomic mass is 16.5. The maximum Gasteiger partial charge on any atom is 0.236 e. The third-order valence-electron chi connectivity index (χ3n) is 5.93. The molecular formula is C17H30N2O2. The van der Waals surface area contributed by atoms with Crippen LogP contribution in [0.4, 0.5) is 0 Å². The Hall–Kier alpha value is -0.610. The summed E-state index contributed by atoms with van der Waals surface area (Å²) >= 11 is 0. The minimum absolute atomic E-state index is 0.0118. The van der Waals surface area contributed by atoms with Crippen molar-refractivity contribution < 1.29 is 9.53 Å². The summed E-state index contributed by atoms with van der Waals surface area (Å²) in [5.74, 6) is 0.876. The highest BCUT2D eigenvalue weighted by Gasteiger charge is 2.53. The van der Waals surface area contributed by atoms with Crippen molar-refractivity contribution in [3.8, 4) is 0 Å². The number of hydrogen-bond donors (Lipinski definition) is 1. The predicted octanol–water partition coefficient (Wildman–Crippen LogP) is 2.32. The van der Waals surface area contributed by atoms with Gasteiger partial charge >= 0.3 is 0 Å². The van der Waals surface area contributed by atoms with Crippen molar-refractivity contribution >= 4 is 5.91 Å². The van der Waals surface area contributed by atoms with E-state index >= 15 is 0 Å². The van der Waals surface area contributed by atoms with Crippen molar-refractivity contribution in [3.63, 3.8) is 0 Å². The van der Waals surface area contributed by atoms with Gasteiger partial charge in [0.2, 0.25) is 5.91 Å². The molecule has 0 aromatic rings. The third-order valence-corrected chi connectivity index (χ3v) is 5.93. The maximum atomic E-state index is 12.3. The molecule has 2 bridgehead atoms. The van der Waals surface area contributed by atoms with E-state index in [9.17, 15) is 4.79 Å². The Kier molecular flexibility index (Phi) is 4.04. The molecule has 0 aromatic carbocycles. The van der Waals surface area contributed by atoms with Crippen LogP contribution in [0.3, 0.4) is 0 Å². The van der Waals surface area contributed by atoms with Gasteiger partial charge < -0.3 is 15.0 Å². The van der Waals surface area contributed by atoms with Gasteiger partial charge in [0.25, 0.3) is 0 Å². The van der Waals surface area contributed by atoms with Crippen LogP contribution in [0.1, 0.15) is 59.3 Å². The molecule has 1 N–H and O–H groups in total. The van der Waals surface area contributed by atoms with Crippen molar-refractivity contribution in [2.24, 2.45) is 5.92 Å². The summed E-state index contributed by atoms with van der Waals surface area (Å²) < 4.78 is 6.36. The van der Waals surface area contributed by atoms with Crippen LogP contribution in [-0.4, -0.2) is 47.7 Å². The molecule has 3 unspecified atom stereocenters. The number of carbonyl (C=O) groups is 1. The van der Waals surface area contributed by atoms with Crippen LogP contribution >= 0.6 is 0 Å². The van der Waals surface area contributed by atoms with Crippen LogP contribution in [-0.2, 0) is 9.53 Å². The molecule has 3 saturated heterocycles. The van der Waals surface area contributed by atoms with E-state index in [-0.39, 0.29) is 17.1 Å². The molecule has 4 heteroatoms. The molecule has 0 aromatic heterocycles. The molecule has 3 heterocycles. The molecular weight excluding hydrogens is 264 g/mol. The Morgan fingerprint density at radius 1 is 1.24 bits per heavy atom. The summed E-state index contributed by atoms with van der Waals surface area (Å²) in [5.41, 5.74) is -0.123. The Bertz CT molecular complexity index is 404. The van der Waals surface area contributed by atoms with Crippen molar-refractivity contribution in [1.82, 2.24) is 10.2 Å². The fraction of sp³-hybridized carbons (Fsp3) is 0.941. The van der Waals surface area contributed by atoms with Crippen molar-refractivity contribution in [1.29, 1.82) is 0 Å². The lowest BCUT2D eigenvalue weighted by molar-refractivity contribution is -0.243. The second kappa shape index (κ2) is 5.54. The van der Waals surface area contributed by atoms with Crippen LogP contribution in [0.25, 0.3) is 0 Å². The molecule has 21 heavy (non-hydrogen) atoms. The van der Waals surface area contributed by atoms with E-state index < -0.39 is 0 Å². The number of nitrogens with zero attached hydrogens (tertiary/aromatic N) is 1. The molecule has 4 fully saturated rings. The first-order valence-corrected chi connectivity index (χ1v) is 8.62. The van der Waals surface area contributed by atoms with E-state index in [0.717, 1.165) is 38.8 Å². The number of carbonyl (C=O) groups excluding carboxylic acids is 1. The van der Waals surface area contributed by atoms with Gasteiger partial charge in [-0.15, -0.1) is 0 Å². The van der Waals surface area contributed by atoms with Crippen molar-refractivity contribution in [2.45, 2.75) is 76.5 Å². The van der Waals surface area contributed by atoms with Crippen molar-refractivity contribution in [3.05, 3.63) is 0 Å². The first-order valence-electron chi connectivity index (χ1n) is 8.62. The fourth-order valence-electron chi connectivity index (χ4n) is 4.49. The molecule has 3 atom stereocenters. The lowest BCUT2D eigenvalue weighted by Gasteiger charge is -2.58. The minimum atomic E-state index is -0.111. The maximum absolute atomic E-state index is 12.3. The van der Waals surface area contributed by atoms with Crippen molar-refractivity contribution in [2.75, 3.05) is 19.6 Å². The normalized spacial score (nSPS) is 38.5. The van der Waals surface area contributed by atoms with Gasteiger partial charge in [-0.1, -0.05) is 0 Å². The number of hydrogen-bond acceptors (Lipinski definition) is 3. The van der Waals surface area contributed by atoms with Gasteiger partial charge in [0.05, 0.1) is 17.7 Å². The number of amides is 1. The average molecular weight is 294 g/mol. The molecule has 4 rings (SSSR count). The number of nitrogens with one attached hydrogen (secondary N) is 1. The van der Waals surface area contributed by atoms with Gasteiger partial charge in [-0.25, -0.2) is 0 Å². The van der Waals surface area contributed by atoms with Gasteiger partial charge in [-0.3, -0.25) is 4.79 Å². The van der Waals surface area contributed by atoms with Gasteiger partial charge in [-0.05, 0) is 65.2 Å². The SMILES string of the molecule is CC1(C)OC2(C)CCC1CC2NCC(=O)N1CCCCC1. The Morgan fingerprint density at radius 3 is 2.57 bits per heavy atom. The van der Waals surface area contributed by atoms with E-state index in [1.807, 2.05) is 4.90 Å². The Labute approximate surface area is 128 Å². The highest BCUT2D eigenvalue weighted by molar-refractivity contribution is 5.78. The molecule has 4 aliphatic rings. The number of piperidine rings is 1. The molecule has 120 valence electrons. The number of rotatable bonds is 3. The molecule has 1 aliphatic carbocycles. The largest absolute Gasteiger partial charge is 0.368 e. The van der Waals surface area contributed by atoms with Crippen LogP contribution < -0.4 is 5.32 Å². The quantitative estimate of drug-likeness (QED) is 0.868. The summed E-state index contributed by atoms with van der Waals surface area (Å²) in [6.07, 6.45) is 7.08. The summed E-state index contributed by atoms with van der Waals surface area (Å²) in [6, 6.07) is 0.318. The smallest absolute Gasteiger partial charge is 0.236 e. The summed E-state index contributed by atoms with van der Waals surface area (Å²) in [6.45, 7) is 8.99. The minimum Gasteiger partial charge on any atom is -0.368 e. The Balaban J connectivity index is 1.55. The lowest BCUT2D eigenvalue weighted by atomic mass is 9.66. The van der Waals surface area contributed by atoms with Gasteiger partial charge in [0.1, 0.15) is 0 Å². The van der Waals surface area contributed by atoms with Crippen LogP contribution in [0.5, 0.6) is 0 Å².